The fourth-order valence-corrected chi connectivity index (χ4v) is 4.11. The number of methoxy groups -OCH3 is 2. The summed E-state index contributed by atoms with van der Waals surface area (Å²) in [6, 6.07) is 2.83. The summed E-state index contributed by atoms with van der Waals surface area (Å²) in [6.45, 7) is 0.732. The van der Waals surface area contributed by atoms with E-state index in [4.69, 9.17) is 28.4 Å². The standard InChI is InChI=1S/C25H28O13/c1-10(26)35-9-19-21(30)22(31)23(32)25(38-19)37-18-8-13-14(28)6-12(27)7-15(13)36-24(18)11-4-16(33-2)20(29)17(5-11)34-3/h4-8,15,19,21-23,25,27-32H,9H2,1-3H3/t15?,19-,21+,22+,23-,25?/m1/s1. The highest BCUT2D eigenvalue weighted by Gasteiger charge is 2.46. The minimum Gasteiger partial charge on any atom is -0.508 e. The number of hydrogen-bond acceptors (Lipinski definition) is 13. The zero-order valence-electron chi connectivity index (χ0n) is 20.6. The Bertz CT molecular complexity index is 1190. The molecule has 0 radical (unpaired) electrons. The average molecular weight is 536 g/mol. The minimum absolute atomic E-state index is 0.00190. The molecule has 1 aromatic carbocycles. The van der Waals surface area contributed by atoms with Gasteiger partial charge in [0.05, 0.1) is 14.2 Å². The van der Waals surface area contributed by atoms with Crippen molar-refractivity contribution < 1.29 is 63.9 Å². The Hall–Kier alpha value is -3.91. The summed E-state index contributed by atoms with van der Waals surface area (Å²) in [4.78, 5) is 11.2. The smallest absolute Gasteiger partial charge is 0.302 e. The highest BCUT2D eigenvalue weighted by molar-refractivity contribution is 5.72. The maximum absolute atomic E-state index is 11.2. The van der Waals surface area contributed by atoms with E-state index in [-0.39, 0.29) is 51.4 Å². The molecule has 1 aromatic rings. The van der Waals surface area contributed by atoms with Gasteiger partial charge in [-0.25, -0.2) is 0 Å². The number of hydrogen-bond donors (Lipinski definition) is 6. The summed E-state index contributed by atoms with van der Waals surface area (Å²) in [5, 5.41) is 61.9. The SMILES string of the molecule is COc1cc(C2=C(OC3O[C@H](COC(C)=O)[C@H](O)[C@H](O)[C@H]3O)C=C3C(O)=CC(O)=CC3O2)cc(OC)c1O. The van der Waals surface area contributed by atoms with Gasteiger partial charge in [-0.3, -0.25) is 4.79 Å². The number of rotatable bonds is 7. The molecule has 6 N–H and O–H groups in total. The zero-order chi connectivity index (χ0) is 27.7. The normalized spacial score (nSPS) is 28.7. The van der Waals surface area contributed by atoms with E-state index in [2.05, 4.69) is 0 Å². The van der Waals surface area contributed by atoms with Crippen LogP contribution in [0.2, 0.25) is 0 Å². The third-order valence-electron chi connectivity index (χ3n) is 6.07. The molecule has 0 amide bonds. The molecule has 2 unspecified atom stereocenters. The molecule has 2 aliphatic heterocycles. The van der Waals surface area contributed by atoms with E-state index in [0.29, 0.717) is 0 Å². The predicted molar refractivity (Wildman–Crippen MR) is 127 cm³/mol. The number of fused-ring (bicyclic) bond motifs is 1. The van der Waals surface area contributed by atoms with Crippen molar-refractivity contribution in [2.45, 2.75) is 43.7 Å². The van der Waals surface area contributed by atoms with E-state index in [9.17, 15) is 35.4 Å². The number of phenols is 1. The monoisotopic (exact) mass is 536 g/mol. The third-order valence-corrected chi connectivity index (χ3v) is 6.07. The quantitative estimate of drug-likeness (QED) is 0.267. The van der Waals surface area contributed by atoms with Crippen molar-refractivity contribution in [3.63, 3.8) is 0 Å². The van der Waals surface area contributed by atoms with Gasteiger partial charge in [0.15, 0.2) is 23.0 Å². The average Bonchev–Trinajstić information content (AvgIpc) is 2.88. The molecule has 1 aliphatic carbocycles. The van der Waals surface area contributed by atoms with Crippen molar-refractivity contribution in [1.29, 1.82) is 0 Å². The summed E-state index contributed by atoms with van der Waals surface area (Å²) in [7, 11) is 2.66. The fourth-order valence-electron chi connectivity index (χ4n) is 4.11. The number of carbonyl (C=O) groups is 1. The third kappa shape index (κ3) is 5.22. The van der Waals surface area contributed by atoms with Gasteiger partial charge in [-0.2, -0.15) is 0 Å². The van der Waals surface area contributed by atoms with Crippen LogP contribution in [0.4, 0.5) is 0 Å². The summed E-state index contributed by atoms with van der Waals surface area (Å²) < 4.78 is 32.9. The number of aliphatic hydroxyl groups excluding tert-OH is 5. The van der Waals surface area contributed by atoms with Gasteiger partial charge in [0.2, 0.25) is 12.0 Å². The van der Waals surface area contributed by atoms with Crippen LogP contribution in [0, 0.1) is 0 Å². The Morgan fingerprint density at radius 3 is 2.24 bits per heavy atom. The molecule has 1 saturated heterocycles. The lowest BCUT2D eigenvalue weighted by atomic mass is 9.96. The second-order valence-electron chi connectivity index (χ2n) is 8.62. The molecule has 0 saturated carbocycles. The van der Waals surface area contributed by atoms with Crippen molar-refractivity contribution in [2.24, 2.45) is 0 Å². The van der Waals surface area contributed by atoms with Crippen LogP contribution in [0.1, 0.15) is 12.5 Å². The topological polar surface area (TPSA) is 194 Å². The number of ether oxygens (including phenoxy) is 6. The van der Waals surface area contributed by atoms with Gasteiger partial charge >= 0.3 is 5.97 Å². The summed E-state index contributed by atoms with van der Waals surface area (Å²) in [5.41, 5.74) is 0.465. The van der Waals surface area contributed by atoms with E-state index in [1.54, 1.807) is 0 Å². The molecular formula is C25H28O13. The van der Waals surface area contributed by atoms with Gasteiger partial charge in [0.25, 0.3) is 0 Å². The van der Waals surface area contributed by atoms with E-state index in [1.807, 2.05) is 0 Å². The first-order valence-electron chi connectivity index (χ1n) is 11.4. The molecule has 6 atom stereocenters. The Labute approximate surface area is 216 Å². The predicted octanol–water partition coefficient (Wildman–Crippen LogP) is 0.688. The Balaban J connectivity index is 1.77. The minimum atomic E-state index is -1.74. The first-order chi connectivity index (χ1) is 18.0. The first-order valence-corrected chi connectivity index (χ1v) is 11.4. The largest absolute Gasteiger partial charge is 0.508 e. The van der Waals surface area contributed by atoms with Gasteiger partial charge in [-0.05, 0) is 18.2 Å². The molecule has 0 bridgehead atoms. The highest BCUT2D eigenvalue weighted by atomic mass is 16.7. The number of esters is 1. The van der Waals surface area contributed by atoms with E-state index < -0.39 is 49.4 Å². The van der Waals surface area contributed by atoms with Crippen LogP contribution in [-0.4, -0.2) is 94.2 Å². The van der Waals surface area contributed by atoms with E-state index in [1.165, 1.54) is 38.5 Å². The number of carbonyl (C=O) groups excluding carboxylic acids is 1. The molecule has 0 spiro atoms. The lowest BCUT2D eigenvalue weighted by molar-refractivity contribution is -0.291. The zero-order valence-corrected chi connectivity index (χ0v) is 20.6. The second kappa shape index (κ2) is 10.8. The van der Waals surface area contributed by atoms with Gasteiger partial charge < -0.3 is 59.1 Å². The van der Waals surface area contributed by atoms with Crippen LogP contribution in [-0.2, 0) is 23.7 Å². The van der Waals surface area contributed by atoms with Gasteiger partial charge in [0.1, 0.15) is 48.6 Å². The van der Waals surface area contributed by atoms with E-state index >= 15 is 0 Å². The lowest BCUT2D eigenvalue weighted by Gasteiger charge is -2.40. The molecule has 0 aromatic heterocycles. The van der Waals surface area contributed by atoms with Crippen molar-refractivity contribution in [2.75, 3.05) is 20.8 Å². The van der Waals surface area contributed by atoms with Gasteiger partial charge in [-0.1, -0.05) is 0 Å². The lowest BCUT2D eigenvalue weighted by Crippen LogP contribution is -2.59. The van der Waals surface area contributed by atoms with Crippen LogP contribution >= 0.6 is 0 Å². The molecule has 4 rings (SSSR count). The summed E-state index contributed by atoms with van der Waals surface area (Å²) in [6.07, 6.45) is -5.03. The van der Waals surface area contributed by atoms with Crippen LogP contribution in [0.25, 0.3) is 5.76 Å². The van der Waals surface area contributed by atoms with Crippen LogP contribution < -0.4 is 9.47 Å². The van der Waals surface area contributed by atoms with Crippen molar-refractivity contribution in [3.8, 4) is 17.2 Å². The molecule has 3 aliphatic rings. The van der Waals surface area contributed by atoms with Crippen molar-refractivity contribution in [1.82, 2.24) is 0 Å². The summed E-state index contributed by atoms with van der Waals surface area (Å²) >= 11 is 0. The molecule has 2 heterocycles. The van der Waals surface area contributed by atoms with Gasteiger partial charge in [-0.15, -0.1) is 0 Å². The fraction of sp³-hybridized carbons (Fsp3) is 0.400. The number of phenolic OH excluding ortho intramolecular Hbond substituents is 1. The Morgan fingerprint density at radius 1 is 0.974 bits per heavy atom. The summed E-state index contributed by atoms with van der Waals surface area (Å²) in [5.74, 6) is -1.52. The molecule has 13 heteroatoms. The number of benzene rings is 1. The van der Waals surface area contributed by atoms with Crippen LogP contribution in [0.3, 0.4) is 0 Å². The number of aromatic hydroxyl groups is 1. The Kier molecular flexibility index (Phi) is 7.73. The molecule has 206 valence electrons. The molecule has 38 heavy (non-hydrogen) atoms. The number of aliphatic hydroxyl groups is 5. The van der Waals surface area contributed by atoms with Gasteiger partial charge in [0, 0.05) is 30.2 Å². The Morgan fingerprint density at radius 2 is 1.63 bits per heavy atom. The molecule has 13 nitrogen and oxygen atoms in total. The maximum atomic E-state index is 11.2. The van der Waals surface area contributed by atoms with Crippen molar-refractivity contribution in [3.05, 3.63) is 58.8 Å². The first kappa shape index (κ1) is 27.1. The van der Waals surface area contributed by atoms with Crippen LogP contribution in [0.15, 0.2) is 53.2 Å². The second-order valence-corrected chi connectivity index (χ2v) is 8.62. The molecule has 1 fully saturated rings. The molecular weight excluding hydrogens is 508 g/mol. The van der Waals surface area contributed by atoms with Crippen LogP contribution in [0.5, 0.6) is 17.2 Å². The van der Waals surface area contributed by atoms with Crippen molar-refractivity contribution >= 4 is 11.7 Å². The number of allylic oxidation sites excluding steroid dienone is 2. The van der Waals surface area contributed by atoms with E-state index in [0.717, 1.165) is 13.0 Å². The highest BCUT2D eigenvalue weighted by Crippen LogP contribution is 2.43. The maximum Gasteiger partial charge on any atom is 0.302 e.